The van der Waals surface area contributed by atoms with Gasteiger partial charge in [0.1, 0.15) is 5.82 Å². The first-order valence-corrected chi connectivity index (χ1v) is 4.24. The van der Waals surface area contributed by atoms with Crippen LogP contribution in [0, 0.1) is 12.7 Å². The van der Waals surface area contributed by atoms with Crippen LogP contribution >= 0.6 is 0 Å². The number of anilines is 1. The van der Waals surface area contributed by atoms with E-state index in [9.17, 15) is 4.39 Å². The smallest absolute Gasteiger partial charge is 0.126 e. The highest BCUT2D eigenvalue weighted by atomic mass is 19.1. The number of nitrogen functional groups attached to an aromatic ring is 1. The Morgan fingerprint density at radius 1 is 1.43 bits per heavy atom. The van der Waals surface area contributed by atoms with Gasteiger partial charge in [-0.2, -0.15) is 5.10 Å². The van der Waals surface area contributed by atoms with E-state index in [2.05, 4.69) is 10.2 Å². The van der Waals surface area contributed by atoms with E-state index in [0.717, 1.165) is 5.56 Å². The van der Waals surface area contributed by atoms with E-state index in [-0.39, 0.29) is 5.82 Å². The van der Waals surface area contributed by atoms with Crippen molar-refractivity contribution in [3.8, 4) is 11.3 Å². The third-order valence-electron chi connectivity index (χ3n) is 2.21. The zero-order valence-electron chi connectivity index (χ0n) is 7.71. The highest BCUT2D eigenvalue weighted by Gasteiger charge is 2.09. The second kappa shape index (κ2) is 3.14. The number of rotatable bonds is 1. The maximum Gasteiger partial charge on any atom is 0.126 e. The molecule has 0 atom stereocenters. The number of aromatic nitrogens is 2. The lowest BCUT2D eigenvalue weighted by Gasteiger charge is -2.04. The molecule has 1 heterocycles. The summed E-state index contributed by atoms with van der Waals surface area (Å²) in [6.07, 6.45) is 1.51. The fraction of sp³-hybridized carbons (Fsp3) is 0.100. The summed E-state index contributed by atoms with van der Waals surface area (Å²) in [6, 6.07) is 4.88. The van der Waals surface area contributed by atoms with Crippen LogP contribution < -0.4 is 5.73 Å². The van der Waals surface area contributed by atoms with Crippen molar-refractivity contribution >= 4 is 5.69 Å². The van der Waals surface area contributed by atoms with Gasteiger partial charge in [-0.25, -0.2) is 4.39 Å². The first kappa shape index (κ1) is 8.74. The Kier molecular flexibility index (Phi) is 1.96. The molecule has 1 aromatic carbocycles. The molecule has 4 heteroatoms. The molecule has 0 saturated carbocycles. The topological polar surface area (TPSA) is 54.7 Å². The third kappa shape index (κ3) is 1.25. The van der Waals surface area contributed by atoms with E-state index < -0.39 is 0 Å². The normalized spacial score (nSPS) is 10.4. The van der Waals surface area contributed by atoms with Gasteiger partial charge < -0.3 is 5.73 Å². The molecule has 0 aliphatic rings. The van der Waals surface area contributed by atoms with Gasteiger partial charge in [-0.3, -0.25) is 5.10 Å². The summed E-state index contributed by atoms with van der Waals surface area (Å²) >= 11 is 0. The molecule has 2 rings (SSSR count). The summed E-state index contributed by atoms with van der Waals surface area (Å²) in [4.78, 5) is 0. The van der Waals surface area contributed by atoms with Crippen LogP contribution in [0.5, 0.6) is 0 Å². The van der Waals surface area contributed by atoms with Crippen LogP contribution in [0.4, 0.5) is 10.1 Å². The maximum atomic E-state index is 13.2. The van der Waals surface area contributed by atoms with E-state index in [1.54, 1.807) is 13.0 Å². The Hall–Kier alpha value is -1.84. The molecular weight excluding hydrogens is 181 g/mol. The van der Waals surface area contributed by atoms with Gasteiger partial charge >= 0.3 is 0 Å². The van der Waals surface area contributed by atoms with Crippen LogP contribution in [0.1, 0.15) is 5.56 Å². The molecule has 2 aromatic rings. The minimum absolute atomic E-state index is 0.239. The average Bonchev–Trinajstić information content (AvgIpc) is 2.57. The van der Waals surface area contributed by atoms with E-state index in [4.69, 9.17) is 5.73 Å². The second-order valence-electron chi connectivity index (χ2n) is 3.11. The number of aromatic amines is 1. The first-order valence-electron chi connectivity index (χ1n) is 4.24. The summed E-state index contributed by atoms with van der Waals surface area (Å²) in [7, 11) is 0. The second-order valence-corrected chi connectivity index (χ2v) is 3.11. The van der Waals surface area contributed by atoms with Crippen LogP contribution in [-0.4, -0.2) is 10.2 Å². The summed E-state index contributed by atoms with van der Waals surface area (Å²) in [5, 5.41) is 6.54. The lowest BCUT2D eigenvalue weighted by atomic mass is 10.0. The largest absolute Gasteiger partial charge is 0.396 e. The van der Waals surface area contributed by atoms with Crippen molar-refractivity contribution in [2.24, 2.45) is 0 Å². The molecule has 0 bridgehead atoms. The van der Waals surface area contributed by atoms with Crippen molar-refractivity contribution in [2.75, 3.05) is 5.73 Å². The molecule has 72 valence electrons. The number of nitrogens with zero attached hydrogens (tertiary/aromatic N) is 1. The first-order chi connectivity index (χ1) is 6.70. The fourth-order valence-electron chi connectivity index (χ4n) is 1.39. The van der Waals surface area contributed by atoms with Gasteiger partial charge in [0.05, 0.1) is 17.6 Å². The summed E-state index contributed by atoms with van der Waals surface area (Å²) < 4.78 is 13.2. The SMILES string of the molecule is Cc1c(F)cccc1-c1[nH]ncc1N. The molecule has 0 amide bonds. The highest BCUT2D eigenvalue weighted by Crippen LogP contribution is 2.27. The third-order valence-corrected chi connectivity index (χ3v) is 2.21. The van der Waals surface area contributed by atoms with Crippen molar-refractivity contribution in [1.82, 2.24) is 10.2 Å². The molecule has 3 N–H and O–H groups in total. The molecule has 14 heavy (non-hydrogen) atoms. The van der Waals surface area contributed by atoms with Crippen LogP contribution in [0.2, 0.25) is 0 Å². The van der Waals surface area contributed by atoms with Gasteiger partial charge in [0, 0.05) is 5.56 Å². The number of nitrogens with two attached hydrogens (primary N) is 1. The van der Waals surface area contributed by atoms with Gasteiger partial charge in [-0.15, -0.1) is 0 Å². The Bertz CT molecular complexity index is 462. The van der Waals surface area contributed by atoms with Crippen molar-refractivity contribution in [1.29, 1.82) is 0 Å². The van der Waals surface area contributed by atoms with E-state index in [1.807, 2.05) is 6.07 Å². The molecule has 0 unspecified atom stereocenters. The average molecular weight is 191 g/mol. The maximum absolute atomic E-state index is 13.2. The lowest BCUT2D eigenvalue weighted by molar-refractivity contribution is 0.619. The van der Waals surface area contributed by atoms with Crippen molar-refractivity contribution < 1.29 is 4.39 Å². The number of hydrogen-bond donors (Lipinski definition) is 2. The zero-order chi connectivity index (χ0) is 10.1. The van der Waals surface area contributed by atoms with Crippen LogP contribution in [-0.2, 0) is 0 Å². The lowest BCUT2D eigenvalue weighted by Crippen LogP contribution is -1.91. The van der Waals surface area contributed by atoms with Crippen molar-refractivity contribution in [3.05, 3.63) is 35.8 Å². The molecule has 0 spiro atoms. The molecule has 0 saturated heterocycles. The quantitative estimate of drug-likeness (QED) is 0.725. The van der Waals surface area contributed by atoms with Gasteiger partial charge in [0.15, 0.2) is 0 Å². The summed E-state index contributed by atoms with van der Waals surface area (Å²) in [5.74, 6) is -0.239. The molecule has 0 aliphatic carbocycles. The molecule has 1 aromatic heterocycles. The van der Waals surface area contributed by atoms with Crippen molar-refractivity contribution in [3.63, 3.8) is 0 Å². The van der Waals surface area contributed by atoms with Gasteiger partial charge in [-0.1, -0.05) is 12.1 Å². The van der Waals surface area contributed by atoms with Crippen molar-refractivity contribution in [2.45, 2.75) is 6.92 Å². The summed E-state index contributed by atoms with van der Waals surface area (Å²) in [6.45, 7) is 1.71. The van der Waals surface area contributed by atoms with E-state index in [1.165, 1.54) is 12.3 Å². The zero-order valence-corrected chi connectivity index (χ0v) is 7.71. The van der Waals surface area contributed by atoms with E-state index >= 15 is 0 Å². The molecule has 0 aliphatic heterocycles. The molecule has 0 radical (unpaired) electrons. The molecule has 0 fully saturated rings. The van der Waals surface area contributed by atoms with Gasteiger partial charge in [0.25, 0.3) is 0 Å². The molecular formula is C10H10FN3. The van der Waals surface area contributed by atoms with Crippen LogP contribution in [0.15, 0.2) is 24.4 Å². The van der Waals surface area contributed by atoms with E-state index in [0.29, 0.717) is 16.9 Å². The highest BCUT2D eigenvalue weighted by molar-refractivity contribution is 5.74. The number of halogens is 1. The van der Waals surface area contributed by atoms with Gasteiger partial charge in [-0.05, 0) is 18.6 Å². The Morgan fingerprint density at radius 3 is 2.86 bits per heavy atom. The number of benzene rings is 1. The summed E-state index contributed by atoms with van der Waals surface area (Å²) in [5.41, 5.74) is 8.19. The Balaban J connectivity index is 2.63. The Labute approximate surface area is 80.8 Å². The van der Waals surface area contributed by atoms with Crippen LogP contribution in [0.3, 0.4) is 0 Å². The number of H-pyrrole nitrogens is 1. The Morgan fingerprint density at radius 2 is 2.21 bits per heavy atom. The number of nitrogens with one attached hydrogen (secondary N) is 1. The fourth-order valence-corrected chi connectivity index (χ4v) is 1.39. The minimum Gasteiger partial charge on any atom is -0.396 e. The standard InChI is InChI=1S/C10H10FN3/c1-6-7(3-2-4-8(6)11)10-9(12)5-13-14-10/h2-5H,12H2,1H3,(H,13,14). The predicted octanol–water partition coefficient (Wildman–Crippen LogP) is 2.11. The van der Waals surface area contributed by atoms with Crippen LogP contribution in [0.25, 0.3) is 11.3 Å². The predicted molar refractivity (Wildman–Crippen MR) is 53.1 cm³/mol. The number of hydrogen-bond acceptors (Lipinski definition) is 2. The minimum atomic E-state index is -0.239. The van der Waals surface area contributed by atoms with Gasteiger partial charge in [0.2, 0.25) is 0 Å². The monoisotopic (exact) mass is 191 g/mol. The molecule has 3 nitrogen and oxygen atoms in total.